The van der Waals surface area contributed by atoms with Crippen molar-refractivity contribution in [3.63, 3.8) is 0 Å². The molecule has 59 heavy (non-hydrogen) atoms. The summed E-state index contributed by atoms with van der Waals surface area (Å²) < 4.78 is 2.38. The van der Waals surface area contributed by atoms with Gasteiger partial charge in [0.05, 0.1) is 33.6 Å². The SMILES string of the molecule is c1ccc(-c2cc(-c3ccccc3)nc(-c3ccc(-c4ccc(-c5ccc(-n6c7ccccc7c7c8ccccc8nc(-c8ccccc8)c76)cc5)cc4)cc3)n2)cc1. The third-order valence-corrected chi connectivity index (χ3v) is 11.2. The number of aromatic nitrogens is 4. The van der Waals surface area contributed by atoms with Crippen molar-refractivity contribution in [1.29, 1.82) is 0 Å². The third-order valence-electron chi connectivity index (χ3n) is 11.2. The molecule has 4 nitrogen and oxygen atoms in total. The smallest absolute Gasteiger partial charge is 0.160 e. The first-order chi connectivity index (χ1) is 29.2. The summed E-state index contributed by atoms with van der Waals surface area (Å²) in [6, 6.07) is 76.7. The molecule has 0 amide bonds. The Bertz CT molecular complexity index is 3210. The molecular formula is C55H36N4. The first-order valence-corrected chi connectivity index (χ1v) is 19.9. The Kier molecular flexibility index (Phi) is 8.45. The topological polar surface area (TPSA) is 43.6 Å². The van der Waals surface area contributed by atoms with Crippen LogP contribution in [0.15, 0.2) is 218 Å². The van der Waals surface area contributed by atoms with E-state index in [1.165, 1.54) is 10.8 Å². The van der Waals surface area contributed by atoms with Crippen molar-refractivity contribution in [2.24, 2.45) is 0 Å². The van der Waals surface area contributed by atoms with Crippen LogP contribution < -0.4 is 0 Å². The Morgan fingerprint density at radius 1 is 0.322 bits per heavy atom. The van der Waals surface area contributed by atoms with Crippen LogP contribution in [0.3, 0.4) is 0 Å². The maximum absolute atomic E-state index is 5.28. The molecular weight excluding hydrogens is 717 g/mol. The van der Waals surface area contributed by atoms with E-state index in [1.54, 1.807) is 0 Å². The minimum absolute atomic E-state index is 0.706. The molecule has 8 aromatic carbocycles. The summed E-state index contributed by atoms with van der Waals surface area (Å²) in [6.45, 7) is 0. The Balaban J connectivity index is 0.918. The van der Waals surface area contributed by atoms with Crippen LogP contribution >= 0.6 is 0 Å². The Morgan fingerprint density at radius 3 is 1.32 bits per heavy atom. The minimum atomic E-state index is 0.706. The number of hydrogen-bond acceptors (Lipinski definition) is 3. The van der Waals surface area contributed by atoms with Crippen LogP contribution in [0, 0.1) is 0 Å². The van der Waals surface area contributed by atoms with Gasteiger partial charge in [0.15, 0.2) is 5.82 Å². The predicted molar refractivity (Wildman–Crippen MR) is 244 cm³/mol. The van der Waals surface area contributed by atoms with Crippen LogP contribution in [-0.4, -0.2) is 19.5 Å². The zero-order chi connectivity index (χ0) is 39.1. The highest BCUT2D eigenvalue weighted by molar-refractivity contribution is 6.23. The first-order valence-electron chi connectivity index (χ1n) is 19.9. The van der Waals surface area contributed by atoms with Crippen LogP contribution in [0.5, 0.6) is 0 Å². The van der Waals surface area contributed by atoms with Crippen molar-refractivity contribution in [3.8, 4) is 73.1 Å². The van der Waals surface area contributed by atoms with Gasteiger partial charge in [0.2, 0.25) is 0 Å². The average Bonchev–Trinajstić information content (AvgIpc) is 3.68. The van der Waals surface area contributed by atoms with Gasteiger partial charge in [-0.3, -0.25) is 0 Å². The fourth-order valence-electron chi connectivity index (χ4n) is 8.32. The lowest BCUT2D eigenvalue weighted by Gasteiger charge is -2.13. The molecule has 0 spiro atoms. The van der Waals surface area contributed by atoms with Gasteiger partial charge in [-0.05, 0) is 52.6 Å². The van der Waals surface area contributed by atoms with E-state index >= 15 is 0 Å². The first kappa shape index (κ1) is 34.3. The predicted octanol–water partition coefficient (Wildman–Crippen LogP) is 14.1. The standard InChI is InChI=1S/C55H36N4/c1-4-14-41(15-5-1)49-36-50(42-16-6-2-7-17-42)58-55(57-49)44-30-28-39(29-31-44)37-24-26-38(27-25-37)40-32-34-45(35-33-40)59-51-23-13-11-21-47(51)52-46-20-10-12-22-48(46)56-53(54(52)59)43-18-8-3-9-19-43/h1-36H. The number of hydrogen-bond donors (Lipinski definition) is 0. The van der Waals surface area contributed by atoms with E-state index in [0.29, 0.717) is 5.82 Å². The Hall–Kier alpha value is -7.95. The highest BCUT2D eigenvalue weighted by Gasteiger charge is 2.20. The molecule has 0 aliphatic heterocycles. The van der Waals surface area contributed by atoms with Crippen molar-refractivity contribution >= 4 is 32.7 Å². The van der Waals surface area contributed by atoms with Gasteiger partial charge < -0.3 is 4.57 Å². The van der Waals surface area contributed by atoms with E-state index in [-0.39, 0.29) is 0 Å². The lowest BCUT2D eigenvalue weighted by molar-refractivity contribution is 1.17. The van der Waals surface area contributed by atoms with Gasteiger partial charge in [0, 0.05) is 44.1 Å². The van der Waals surface area contributed by atoms with Gasteiger partial charge in [0.1, 0.15) is 0 Å². The highest BCUT2D eigenvalue weighted by Crippen LogP contribution is 2.41. The second-order valence-electron chi connectivity index (χ2n) is 14.8. The van der Waals surface area contributed by atoms with Gasteiger partial charge in [-0.2, -0.15) is 0 Å². The molecule has 276 valence electrons. The second kappa shape index (κ2) is 14.5. The monoisotopic (exact) mass is 752 g/mol. The summed E-state index contributed by atoms with van der Waals surface area (Å²) >= 11 is 0. The summed E-state index contributed by atoms with van der Waals surface area (Å²) in [5.41, 5.74) is 16.0. The maximum Gasteiger partial charge on any atom is 0.160 e. The molecule has 0 unspecified atom stereocenters. The molecule has 0 radical (unpaired) electrons. The number of benzene rings is 8. The van der Waals surface area contributed by atoms with Crippen molar-refractivity contribution in [2.45, 2.75) is 0 Å². The fourth-order valence-corrected chi connectivity index (χ4v) is 8.32. The van der Waals surface area contributed by atoms with Crippen LogP contribution in [0.25, 0.3) is 106 Å². The number of nitrogens with zero attached hydrogens (tertiary/aromatic N) is 4. The molecule has 3 heterocycles. The van der Waals surface area contributed by atoms with E-state index in [9.17, 15) is 0 Å². The molecule has 11 aromatic rings. The number of para-hydroxylation sites is 2. The number of rotatable bonds is 7. The van der Waals surface area contributed by atoms with E-state index in [1.807, 2.05) is 36.4 Å². The van der Waals surface area contributed by atoms with Crippen LogP contribution in [0.1, 0.15) is 0 Å². The summed E-state index contributed by atoms with van der Waals surface area (Å²) in [6.07, 6.45) is 0. The summed E-state index contributed by atoms with van der Waals surface area (Å²) in [7, 11) is 0. The quantitative estimate of drug-likeness (QED) is 0.163. The van der Waals surface area contributed by atoms with Gasteiger partial charge in [-0.25, -0.2) is 15.0 Å². The van der Waals surface area contributed by atoms with Gasteiger partial charge in [-0.15, -0.1) is 0 Å². The highest BCUT2D eigenvalue weighted by atomic mass is 15.0. The molecule has 0 N–H and O–H groups in total. The normalized spacial score (nSPS) is 11.4. The molecule has 0 fully saturated rings. The maximum atomic E-state index is 5.28. The van der Waals surface area contributed by atoms with E-state index < -0.39 is 0 Å². The van der Waals surface area contributed by atoms with Gasteiger partial charge >= 0.3 is 0 Å². The van der Waals surface area contributed by atoms with Gasteiger partial charge in [0.25, 0.3) is 0 Å². The van der Waals surface area contributed by atoms with Crippen LogP contribution in [0.4, 0.5) is 0 Å². The van der Waals surface area contributed by atoms with E-state index in [0.717, 1.165) is 89.2 Å². The molecule has 4 heteroatoms. The zero-order valence-corrected chi connectivity index (χ0v) is 32.1. The third kappa shape index (κ3) is 6.24. The molecule has 0 bridgehead atoms. The molecule has 0 saturated carbocycles. The molecule has 11 rings (SSSR count). The zero-order valence-electron chi connectivity index (χ0n) is 32.1. The lowest BCUT2D eigenvalue weighted by atomic mass is 9.99. The van der Waals surface area contributed by atoms with Crippen molar-refractivity contribution in [1.82, 2.24) is 19.5 Å². The van der Waals surface area contributed by atoms with Crippen LogP contribution in [-0.2, 0) is 0 Å². The second-order valence-corrected chi connectivity index (χ2v) is 14.8. The van der Waals surface area contributed by atoms with Crippen molar-refractivity contribution < 1.29 is 0 Å². The van der Waals surface area contributed by atoms with Crippen molar-refractivity contribution in [3.05, 3.63) is 218 Å². The minimum Gasteiger partial charge on any atom is -0.307 e. The van der Waals surface area contributed by atoms with E-state index in [4.69, 9.17) is 15.0 Å². The van der Waals surface area contributed by atoms with Gasteiger partial charge in [-0.1, -0.05) is 188 Å². The molecule has 0 saturated heterocycles. The molecule has 0 aliphatic carbocycles. The molecule has 0 atom stereocenters. The lowest BCUT2D eigenvalue weighted by Crippen LogP contribution is -1.97. The fraction of sp³-hybridized carbons (Fsp3) is 0. The summed E-state index contributed by atoms with van der Waals surface area (Å²) in [5.74, 6) is 0.706. The Morgan fingerprint density at radius 2 is 0.763 bits per heavy atom. The molecule has 3 aromatic heterocycles. The van der Waals surface area contributed by atoms with E-state index in [2.05, 4.69) is 187 Å². The molecule has 0 aliphatic rings. The Labute approximate surface area is 342 Å². The summed E-state index contributed by atoms with van der Waals surface area (Å²) in [5, 5.41) is 3.60. The van der Waals surface area contributed by atoms with Crippen molar-refractivity contribution in [2.75, 3.05) is 0 Å². The number of pyridine rings is 1. The average molecular weight is 753 g/mol. The summed E-state index contributed by atoms with van der Waals surface area (Å²) in [4.78, 5) is 15.3. The van der Waals surface area contributed by atoms with Crippen LogP contribution in [0.2, 0.25) is 0 Å². The number of fused-ring (bicyclic) bond motifs is 5. The largest absolute Gasteiger partial charge is 0.307 e.